The Morgan fingerprint density at radius 1 is 0.885 bits per heavy atom. The van der Waals surface area contributed by atoms with E-state index in [2.05, 4.69) is 33.8 Å². The molecule has 2 aliphatic heterocycles. The second-order valence-corrected chi connectivity index (χ2v) is 6.80. The molecular weight excluding hydrogens is 328 g/mol. The Hall–Kier alpha value is -2.47. The topological polar surface area (TPSA) is 56.5 Å². The highest BCUT2D eigenvalue weighted by molar-refractivity contribution is 5.80. The van der Waals surface area contributed by atoms with Crippen LogP contribution in [0, 0.1) is 0 Å². The summed E-state index contributed by atoms with van der Waals surface area (Å²) in [5.41, 5.74) is 3.37. The molecule has 0 amide bonds. The fraction of sp³-hybridized carbons (Fsp3) is 0.286. The van der Waals surface area contributed by atoms with Crippen molar-refractivity contribution in [1.82, 2.24) is 9.55 Å². The number of nitrogens with zero attached hydrogens (tertiary/aromatic N) is 2. The van der Waals surface area contributed by atoms with E-state index in [-0.39, 0.29) is 18.2 Å². The Bertz CT molecular complexity index is 908. The van der Waals surface area contributed by atoms with Gasteiger partial charge in [0.1, 0.15) is 24.1 Å². The van der Waals surface area contributed by atoms with Gasteiger partial charge in [-0.05, 0) is 11.1 Å². The van der Waals surface area contributed by atoms with Gasteiger partial charge < -0.3 is 19.1 Å². The van der Waals surface area contributed by atoms with E-state index in [4.69, 9.17) is 9.47 Å². The molecule has 0 aliphatic carbocycles. The van der Waals surface area contributed by atoms with Gasteiger partial charge in [0.2, 0.25) is 0 Å². The highest BCUT2D eigenvalue weighted by Crippen LogP contribution is 2.38. The molecule has 132 valence electrons. The summed E-state index contributed by atoms with van der Waals surface area (Å²) in [5.74, 6) is 0.892. The van der Waals surface area contributed by atoms with Crippen LogP contribution in [0.5, 0.6) is 0 Å². The zero-order valence-corrected chi connectivity index (χ0v) is 14.2. The van der Waals surface area contributed by atoms with Gasteiger partial charge in [0.05, 0.1) is 19.3 Å². The molecule has 5 nitrogen and oxygen atoms in total. The van der Waals surface area contributed by atoms with Crippen molar-refractivity contribution >= 4 is 0 Å². The number of ether oxygens (including phenoxy) is 2. The molecule has 0 saturated carbocycles. The van der Waals surface area contributed by atoms with Gasteiger partial charge in [-0.15, -0.1) is 0 Å². The van der Waals surface area contributed by atoms with Crippen molar-refractivity contribution in [3.63, 3.8) is 0 Å². The minimum Gasteiger partial charge on any atom is -0.388 e. The van der Waals surface area contributed by atoms with Gasteiger partial charge in [-0.2, -0.15) is 0 Å². The van der Waals surface area contributed by atoms with Crippen LogP contribution in [0.25, 0.3) is 22.5 Å². The summed E-state index contributed by atoms with van der Waals surface area (Å²) in [6, 6.07) is 18.6. The molecule has 0 radical (unpaired) electrons. The quantitative estimate of drug-likeness (QED) is 0.791. The van der Waals surface area contributed by atoms with Crippen LogP contribution in [0.4, 0.5) is 0 Å². The molecule has 3 aromatic rings. The summed E-state index contributed by atoms with van der Waals surface area (Å²) < 4.78 is 13.7. The van der Waals surface area contributed by atoms with E-state index in [0.717, 1.165) is 22.5 Å². The van der Waals surface area contributed by atoms with Gasteiger partial charge in [-0.25, -0.2) is 4.98 Å². The summed E-state index contributed by atoms with van der Waals surface area (Å²) in [6.45, 7) is 0.847. The Morgan fingerprint density at radius 2 is 1.62 bits per heavy atom. The monoisotopic (exact) mass is 348 g/mol. The van der Waals surface area contributed by atoms with Crippen molar-refractivity contribution in [1.29, 1.82) is 0 Å². The Morgan fingerprint density at radius 3 is 2.46 bits per heavy atom. The maximum atomic E-state index is 10.0. The lowest BCUT2D eigenvalue weighted by Crippen LogP contribution is -2.30. The zero-order chi connectivity index (χ0) is 17.5. The molecule has 2 aromatic carbocycles. The van der Waals surface area contributed by atoms with Gasteiger partial charge in [0.25, 0.3) is 0 Å². The molecule has 1 N–H and O–H groups in total. The van der Waals surface area contributed by atoms with E-state index in [1.54, 1.807) is 0 Å². The Kier molecular flexibility index (Phi) is 3.85. The molecular formula is C21H20N2O3. The predicted molar refractivity (Wildman–Crippen MR) is 97.6 cm³/mol. The van der Waals surface area contributed by atoms with E-state index in [1.807, 2.05) is 42.7 Å². The van der Waals surface area contributed by atoms with E-state index in [9.17, 15) is 5.11 Å². The number of imidazole rings is 1. The zero-order valence-electron chi connectivity index (χ0n) is 14.2. The van der Waals surface area contributed by atoms with Crippen molar-refractivity contribution in [2.75, 3.05) is 13.2 Å². The van der Waals surface area contributed by atoms with Crippen LogP contribution in [-0.4, -0.2) is 46.2 Å². The highest BCUT2D eigenvalue weighted by atomic mass is 16.6. The van der Waals surface area contributed by atoms with E-state index >= 15 is 0 Å². The molecule has 0 unspecified atom stereocenters. The number of hydrogen-bond acceptors (Lipinski definition) is 4. The van der Waals surface area contributed by atoms with E-state index < -0.39 is 6.10 Å². The molecule has 0 spiro atoms. The van der Waals surface area contributed by atoms with Crippen LogP contribution in [0.3, 0.4) is 0 Å². The first kappa shape index (κ1) is 15.8. The fourth-order valence-electron chi connectivity index (χ4n) is 4.03. The Balaban J connectivity index is 1.57. The summed E-state index contributed by atoms with van der Waals surface area (Å²) in [5, 5.41) is 10.0. The number of aliphatic hydroxyl groups excluding tert-OH is 1. The molecule has 2 fully saturated rings. The van der Waals surface area contributed by atoms with Gasteiger partial charge in [-0.3, -0.25) is 0 Å². The van der Waals surface area contributed by atoms with Gasteiger partial charge in [0.15, 0.2) is 0 Å². The summed E-state index contributed by atoms with van der Waals surface area (Å²) in [4.78, 5) is 4.64. The first-order valence-electron chi connectivity index (χ1n) is 8.92. The summed E-state index contributed by atoms with van der Waals surface area (Å²) in [7, 11) is 0. The maximum Gasteiger partial charge on any atom is 0.140 e. The fourth-order valence-corrected chi connectivity index (χ4v) is 4.03. The molecule has 2 aliphatic rings. The minimum absolute atomic E-state index is 0.0125. The number of aromatic nitrogens is 2. The largest absolute Gasteiger partial charge is 0.388 e. The molecule has 3 heterocycles. The van der Waals surface area contributed by atoms with Gasteiger partial charge in [0, 0.05) is 18.0 Å². The summed E-state index contributed by atoms with van der Waals surface area (Å²) >= 11 is 0. The van der Waals surface area contributed by atoms with Crippen molar-refractivity contribution in [2.45, 2.75) is 24.4 Å². The van der Waals surface area contributed by atoms with E-state index in [0.29, 0.717) is 13.2 Å². The molecule has 0 bridgehead atoms. The molecule has 26 heavy (non-hydrogen) atoms. The third-order valence-corrected chi connectivity index (χ3v) is 5.28. The average Bonchev–Trinajstić information content (AvgIpc) is 3.40. The smallest absolute Gasteiger partial charge is 0.140 e. The second-order valence-electron chi connectivity index (χ2n) is 6.80. The van der Waals surface area contributed by atoms with Crippen LogP contribution in [-0.2, 0) is 9.47 Å². The van der Waals surface area contributed by atoms with Crippen LogP contribution in [0.1, 0.15) is 6.04 Å². The summed E-state index contributed by atoms with van der Waals surface area (Å²) in [6.07, 6.45) is 2.85. The van der Waals surface area contributed by atoms with Crippen LogP contribution in [0.15, 0.2) is 67.0 Å². The number of benzene rings is 2. The van der Waals surface area contributed by atoms with Crippen molar-refractivity contribution < 1.29 is 14.6 Å². The van der Waals surface area contributed by atoms with Crippen molar-refractivity contribution in [3.8, 4) is 22.5 Å². The van der Waals surface area contributed by atoms with Gasteiger partial charge >= 0.3 is 0 Å². The standard InChI is InChI=1S/C21H20N2O3/c24-18-13-26-19-17(12-25-20(18)19)23-11-10-22-21(23)16-9-5-4-8-15(16)14-6-2-1-3-7-14/h1-11,17-20,24H,12-13H2/t17-,18-,19-,20-/m1/s1. The van der Waals surface area contributed by atoms with Crippen LogP contribution < -0.4 is 0 Å². The first-order chi connectivity index (χ1) is 12.8. The number of fused-ring (bicyclic) bond motifs is 1. The third kappa shape index (κ3) is 2.48. The molecule has 1 aromatic heterocycles. The minimum atomic E-state index is -0.548. The molecule has 4 atom stereocenters. The lowest BCUT2D eigenvalue weighted by Gasteiger charge is -2.20. The predicted octanol–water partition coefficient (Wildman–Crippen LogP) is 2.92. The van der Waals surface area contributed by atoms with Crippen molar-refractivity contribution in [2.24, 2.45) is 0 Å². The lowest BCUT2D eigenvalue weighted by atomic mass is 9.99. The van der Waals surface area contributed by atoms with Crippen molar-refractivity contribution in [3.05, 3.63) is 67.0 Å². The number of rotatable bonds is 3. The SMILES string of the molecule is O[C@@H]1CO[C@H]2[C@@H]1OC[C@H]2n1ccnc1-c1ccccc1-c1ccccc1. The highest BCUT2D eigenvalue weighted by Gasteiger charge is 2.48. The van der Waals surface area contributed by atoms with Crippen LogP contribution >= 0.6 is 0 Å². The van der Waals surface area contributed by atoms with Gasteiger partial charge in [-0.1, -0.05) is 54.6 Å². The van der Waals surface area contributed by atoms with E-state index in [1.165, 1.54) is 0 Å². The first-order valence-corrected chi connectivity index (χ1v) is 8.92. The average molecular weight is 348 g/mol. The third-order valence-electron chi connectivity index (χ3n) is 5.28. The molecule has 2 saturated heterocycles. The lowest BCUT2D eigenvalue weighted by molar-refractivity contribution is 0.0172. The maximum absolute atomic E-state index is 10.0. The number of hydrogen-bond donors (Lipinski definition) is 1. The van der Waals surface area contributed by atoms with Crippen LogP contribution in [0.2, 0.25) is 0 Å². The molecule has 5 heteroatoms. The number of aliphatic hydroxyl groups is 1. The normalized spacial score (nSPS) is 27.6. The molecule has 5 rings (SSSR count). The Labute approximate surface area is 151 Å². The second kappa shape index (κ2) is 6.36.